The van der Waals surface area contributed by atoms with Crippen molar-refractivity contribution in [1.82, 2.24) is 14.8 Å². The molecule has 1 aliphatic heterocycles. The zero-order chi connectivity index (χ0) is 20.9. The molecule has 1 amide bonds. The van der Waals surface area contributed by atoms with Crippen LogP contribution >= 0.6 is 11.6 Å². The molecule has 2 heterocycles. The molecule has 156 valence electrons. The standard InChI is InChI=1S/C20H21ClF3N3O2/c21-17-5-2-15(3-6-17)13-26-8-1-9-27(11-10-26)19(28)16-4-7-18(25-12-16)29-14-20(22,23)24/h2-7,12H,1,8-11,13-14H2. The fraction of sp³-hybridized carbons (Fsp3) is 0.400. The first kappa shape index (κ1) is 21.4. The van der Waals surface area contributed by atoms with Crippen LogP contribution in [0.4, 0.5) is 13.2 Å². The second-order valence-corrected chi connectivity index (χ2v) is 7.27. The Morgan fingerprint density at radius 3 is 2.48 bits per heavy atom. The molecular weight excluding hydrogens is 407 g/mol. The third-order valence-corrected chi connectivity index (χ3v) is 4.81. The number of rotatable bonds is 5. The molecule has 29 heavy (non-hydrogen) atoms. The molecule has 1 aliphatic rings. The van der Waals surface area contributed by atoms with Crippen LogP contribution in [0.15, 0.2) is 42.6 Å². The number of nitrogens with zero attached hydrogens (tertiary/aromatic N) is 3. The van der Waals surface area contributed by atoms with Crippen LogP contribution in [-0.2, 0) is 6.54 Å². The molecular formula is C20H21ClF3N3O2. The topological polar surface area (TPSA) is 45.7 Å². The van der Waals surface area contributed by atoms with Crippen molar-refractivity contribution in [2.45, 2.75) is 19.1 Å². The average Bonchev–Trinajstić information content (AvgIpc) is 2.93. The van der Waals surface area contributed by atoms with Gasteiger partial charge < -0.3 is 9.64 Å². The van der Waals surface area contributed by atoms with Crippen LogP contribution < -0.4 is 4.74 Å². The van der Waals surface area contributed by atoms with Gasteiger partial charge in [0.2, 0.25) is 5.88 Å². The fourth-order valence-electron chi connectivity index (χ4n) is 3.11. The summed E-state index contributed by atoms with van der Waals surface area (Å²) in [5, 5.41) is 0.699. The van der Waals surface area contributed by atoms with E-state index in [-0.39, 0.29) is 11.8 Å². The van der Waals surface area contributed by atoms with Gasteiger partial charge in [-0.3, -0.25) is 9.69 Å². The Hall–Kier alpha value is -2.32. The summed E-state index contributed by atoms with van der Waals surface area (Å²) in [5.41, 5.74) is 1.49. The molecule has 0 saturated carbocycles. The Kier molecular flexibility index (Phi) is 6.97. The summed E-state index contributed by atoms with van der Waals surface area (Å²) in [7, 11) is 0. The molecule has 0 atom stereocenters. The molecule has 1 aromatic carbocycles. The van der Waals surface area contributed by atoms with Gasteiger partial charge in [0.1, 0.15) is 0 Å². The predicted molar refractivity (Wildman–Crippen MR) is 103 cm³/mol. The zero-order valence-electron chi connectivity index (χ0n) is 15.7. The number of carbonyl (C=O) groups excluding carboxylic acids is 1. The number of carbonyl (C=O) groups is 1. The first-order chi connectivity index (χ1) is 13.8. The third kappa shape index (κ3) is 6.61. The minimum atomic E-state index is -4.43. The van der Waals surface area contributed by atoms with Gasteiger partial charge in [0.25, 0.3) is 5.91 Å². The van der Waals surface area contributed by atoms with Crippen LogP contribution in [-0.4, -0.2) is 59.7 Å². The molecule has 0 aliphatic carbocycles. The molecule has 2 aromatic rings. The Balaban J connectivity index is 1.54. The quantitative estimate of drug-likeness (QED) is 0.723. The zero-order valence-corrected chi connectivity index (χ0v) is 16.4. The van der Waals surface area contributed by atoms with E-state index in [4.69, 9.17) is 11.6 Å². The van der Waals surface area contributed by atoms with E-state index >= 15 is 0 Å². The van der Waals surface area contributed by atoms with Gasteiger partial charge in [-0.2, -0.15) is 13.2 Å². The normalized spacial score (nSPS) is 15.8. The smallest absolute Gasteiger partial charge is 0.422 e. The summed E-state index contributed by atoms with van der Waals surface area (Å²) in [6.45, 7) is 2.15. The van der Waals surface area contributed by atoms with Crippen LogP contribution in [0.5, 0.6) is 5.88 Å². The number of pyridine rings is 1. The maximum absolute atomic E-state index is 12.7. The van der Waals surface area contributed by atoms with Crippen LogP contribution in [0.1, 0.15) is 22.3 Å². The number of hydrogen-bond acceptors (Lipinski definition) is 4. The van der Waals surface area contributed by atoms with Crippen LogP contribution in [0.2, 0.25) is 5.02 Å². The Labute approximate surface area is 172 Å². The van der Waals surface area contributed by atoms with E-state index in [0.29, 0.717) is 23.7 Å². The van der Waals surface area contributed by atoms with Gasteiger partial charge in [-0.25, -0.2) is 4.98 Å². The SMILES string of the molecule is O=C(c1ccc(OCC(F)(F)F)nc1)N1CCCN(Cc2ccc(Cl)cc2)CC1. The highest BCUT2D eigenvalue weighted by molar-refractivity contribution is 6.30. The first-order valence-corrected chi connectivity index (χ1v) is 9.60. The highest BCUT2D eigenvalue weighted by atomic mass is 35.5. The van der Waals surface area contributed by atoms with E-state index < -0.39 is 12.8 Å². The van der Waals surface area contributed by atoms with Crippen molar-refractivity contribution in [3.05, 3.63) is 58.7 Å². The summed E-state index contributed by atoms with van der Waals surface area (Å²) in [5.74, 6) is -0.350. The number of alkyl halides is 3. The molecule has 0 spiro atoms. The van der Waals surface area contributed by atoms with Gasteiger partial charge >= 0.3 is 6.18 Å². The number of halogens is 4. The van der Waals surface area contributed by atoms with Crippen molar-refractivity contribution in [1.29, 1.82) is 0 Å². The minimum absolute atomic E-state index is 0.163. The number of ether oxygens (including phenoxy) is 1. The van der Waals surface area contributed by atoms with E-state index in [1.807, 2.05) is 24.3 Å². The highest BCUT2D eigenvalue weighted by Crippen LogP contribution is 2.18. The largest absolute Gasteiger partial charge is 0.468 e. The van der Waals surface area contributed by atoms with Gasteiger partial charge in [0.15, 0.2) is 6.61 Å². The second kappa shape index (κ2) is 9.45. The molecule has 1 aromatic heterocycles. The van der Waals surface area contributed by atoms with Crippen LogP contribution in [0.3, 0.4) is 0 Å². The van der Waals surface area contributed by atoms with E-state index in [9.17, 15) is 18.0 Å². The van der Waals surface area contributed by atoms with Crippen molar-refractivity contribution in [2.75, 3.05) is 32.8 Å². The van der Waals surface area contributed by atoms with Gasteiger partial charge in [-0.1, -0.05) is 23.7 Å². The molecule has 1 fully saturated rings. The van der Waals surface area contributed by atoms with Crippen molar-refractivity contribution in [3.8, 4) is 5.88 Å². The van der Waals surface area contributed by atoms with Gasteiger partial charge in [0.05, 0.1) is 5.56 Å². The number of amides is 1. The lowest BCUT2D eigenvalue weighted by Crippen LogP contribution is -2.35. The number of hydrogen-bond donors (Lipinski definition) is 0. The van der Waals surface area contributed by atoms with Gasteiger partial charge in [-0.15, -0.1) is 0 Å². The van der Waals surface area contributed by atoms with Crippen LogP contribution in [0.25, 0.3) is 0 Å². The third-order valence-electron chi connectivity index (χ3n) is 4.56. The molecule has 3 rings (SSSR count). The summed E-state index contributed by atoms with van der Waals surface area (Å²) in [4.78, 5) is 20.5. The second-order valence-electron chi connectivity index (χ2n) is 6.84. The number of benzene rings is 1. The van der Waals surface area contributed by atoms with Gasteiger partial charge in [0, 0.05) is 50.0 Å². The Bertz CT molecular complexity index is 813. The van der Waals surface area contributed by atoms with Crippen molar-refractivity contribution >= 4 is 17.5 Å². The predicted octanol–water partition coefficient (Wildman–Crippen LogP) is 4.02. The van der Waals surface area contributed by atoms with E-state index in [0.717, 1.165) is 31.6 Å². The van der Waals surface area contributed by atoms with Crippen molar-refractivity contribution in [3.63, 3.8) is 0 Å². The average molecular weight is 428 g/mol. The fourth-order valence-corrected chi connectivity index (χ4v) is 3.24. The Morgan fingerprint density at radius 1 is 1.07 bits per heavy atom. The Morgan fingerprint density at radius 2 is 1.83 bits per heavy atom. The lowest BCUT2D eigenvalue weighted by Gasteiger charge is -2.22. The van der Waals surface area contributed by atoms with E-state index in [1.54, 1.807) is 4.90 Å². The summed E-state index contributed by atoms with van der Waals surface area (Å²) < 4.78 is 41.2. The molecule has 9 heteroatoms. The molecule has 0 bridgehead atoms. The minimum Gasteiger partial charge on any atom is -0.468 e. The van der Waals surface area contributed by atoms with E-state index in [1.165, 1.54) is 18.3 Å². The van der Waals surface area contributed by atoms with E-state index in [2.05, 4.69) is 14.6 Å². The number of aromatic nitrogens is 1. The molecule has 1 saturated heterocycles. The first-order valence-electron chi connectivity index (χ1n) is 9.22. The highest BCUT2D eigenvalue weighted by Gasteiger charge is 2.28. The van der Waals surface area contributed by atoms with Gasteiger partial charge in [-0.05, 0) is 30.2 Å². The lowest BCUT2D eigenvalue weighted by molar-refractivity contribution is -0.154. The van der Waals surface area contributed by atoms with Crippen LogP contribution in [0, 0.1) is 0 Å². The molecule has 0 N–H and O–H groups in total. The molecule has 0 unspecified atom stereocenters. The summed E-state index contributed by atoms with van der Waals surface area (Å²) in [6.07, 6.45) is -2.34. The lowest BCUT2D eigenvalue weighted by atomic mass is 10.2. The summed E-state index contributed by atoms with van der Waals surface area (Å²) in [6, 6.07) is 10.4. The summed E-state index contributed by atoms with van der Waals surface area (Å²) >= 11 is 5.92. The monoisotopic (exact) mass is 427 g/mol. The maximum Gasteiger partial charge on any atom is 0.422 e. The molecule has 5 nitrogen and oxygen atoms in total. The van der Waals surface area contributed by atoms with Crippen molar-refractivity contribution < 1.29 is 22.7 Å². The van der Waals surface area contributed by atoms with Crippen molar-refractivity contribution in [2.24, 2.45) is 0 Å². The maximum atomic E-state index is 12.7. The molecule has 0 radical (unpaired) electrons.